The van der Waals surface area contributed by atoms with Crippen molar-refractivity contribution in [2.75, 3.05) is 0 Å². The summed E-state index contributed by atoms with van der Waals surface area (Å²) in [6, 6.07) is 4.25. The van der Waals surface area contributed by atoms with E-state index in [0.29, 0.717) is 0 Å². The molecule has 9 heteroatoms. The number of H-pyrrole nitrogens is 1. The first-order valence-corrected chi connectivity index (χ1v) is 5.91. The van der Waals surface area contributed by atoms with E-state index < -0.39 is 34.5 Å². The van der Waals surface area contributed by atoms with Gasteiger partial charge in [0.2, 0.25) is 0 Å². The third kappa shape index (κ3) is 3.25. The molecule has 0 atom stereocenters. The van der Waals surface area contributed by atoms with E-state index in [-0.39, 0.29) is 12.1 Å². The van der Waals surface area contributed by atoms with Gasteiger partial charge in [0.1, 0.15) is 5.56 Å². The second-order valence-corrected chi connectivity index (χ2v) is 4.43. The van der Waals surface area contributed by atoms with E-state index in [1.807, 2.05) is 0 Å². The molecule has 0 radical (unpaired) electrons. The molecule has 0 aliphatic carbocycles. The van der Waals surface area contributed by atoms with Gasteiger partial charge in [0.05, 0.1) is 12.1 Å². The van der Waals surface area contributed by atoms with Crippen molar-refractivity contribution >= 4 is 5.97 Å². The molecule has 0 unspecified atom stereocenters. The summed E-state index contributed by atoms with van der Waals surface area (Å²) in [5, 5.41) is 8.81. The van der Waals surface area contributed by atoms with Crippen LogP contribution in [0.15, 0.2) is 40.1 Å². The fraction of sp³-hybridized carbons (Fsp3) is 0.154. The Hall–Kier alpha value is -2.84. The molecule has 116 valence electrons. The van der Waals surface area contributed by atoms with Crippen LogP contribution < -0.4 is 11.2 Å². The van der Waals surface area contributed by atoms with Gasteiger partial charge >= 0.3 is 17.8 Å². The van der Waals surface area contributed by atoms with Crippen LogP contribution >= 0.6 is 0 Å². The van der Waals surface area contributed by atoms with Crippen LogP contribution in [0.2, 0.25) is 0 Å². The summed E-state index contributed by atoms with van der Waals surface area (Å²) in [5.41, 5.74) is -3.40. The monoisotopic (exact) mass is 314 g/mol. The van der Waals surface area contributed by atoms with Crippen LogP contribution in [0.5, 0.6) is 0 Å². The number of hydrogen-bond acceptors (Lipinski definition) is 3. The second-order valence-electron chi connectivity index (χ2n) is 4.43. The van der Waals surface area contributed by atoms with Gasteiger partial charge in [-0.15, -0.1) is 0 Å². The maximum absolute atomic E-state index is 12.6. The van der Waals surface area contributed by atoms with Crippen molar-refractivity contribution in [3.63, 3.8) is 0 Å². The van der Waals surface area contributed by atoms with Crippen LogP contribution in [-0.2, 0) is 12.7 Å². The fourth-order valence-electron chi connectivity index (χ4n) is 1.82. The smallest absolute Gasteiger partial charge is 0.416 e. The lowest BCUT2D eigenvalue weighted by atomic mass is 10.1. The molecule has 1 heterocycles. The Morgan fingerprint density at radius 1 is 1.27 bits per heavy atom. The molecule has 0 saturated carbocycles. The highest BCUT2D eigenvalue weighted by atomic mass is 19.4. The van der Waals surface area contributed by atoms with Crippen molar-refractivity contribution in [2.45, 2.75) is 12.7 Å². The largest absolute Gasteiger partial charge is 0.477 e. The maximum Gasteiger partial charge on any atom is 0.416 e. The molecule has 0 aliphatic heterocycles. The third-order valence-electron chi connectivity index (χ3n) is 2.85. The average Bonchev–Trinajstić information content (AvgIpc) is 2.41. The van der Waals surface area contributed by atoms with Crippen molar-refractivity contribution in [3.05, 3.63) is 68.0 Å². The summed E-state index contributed by atoms with van der Waals surface area (Å²) in [7, 11) is 0. The van der Waals surface area contributed by atoms with Gasteiger partial charge in [0.25, 0.3) is 5.56 Å². The van der Waals surface area contributed by atoms with E-state index >= 15 is 0 Å². The van der Waals surface area contributed by atoms with Crippen LogP contribution in [0.1, 0.15) is 21.5 Å². The molecule has 0 spiro atoms. The molecule has 0 amide bonds. The SMILES string of the molecule is O=C(O)c1cn(Cc2cccc(C(F)(F)F)c2)c(=O)[nH]c1=O. The zero-order valence-corrected chi connectivity index (χ0v) is 10.8. The fourth-order valence-corrected chi connectivity index (χ4v) is 1.82. The number of benzene rings is 1. The van der Waals surface area contributed by atoms with Gasteiger partial charge in [0.15, 0.2) is 0 Å². The van der Waals surface area contributed by atoms with Crippen molar-refractivity contribution in [2.24, 2.45) is 0 Å². The maximum atomic E-state index is 12.6. The minimum Gasteiger partial charge on any atom is -0.477 e. The van der Waals surface area contributed by atoms with E-state index in [2.05, 4.69) is 0 Å². The molecule has 6 nitrogen and oxygen atoms in total. The normalized spacial score (nSPS) is 11.4. The van der Waals surface area contributed by atoms with Gasteiger partial charge < -0.3 is 5.11 Å². The van der Waals surface area contributed by atoms with Crippen molar-refractivity contribution in [1.29, 1.82) is 0 Å². The van der Waals surface area contributed by atoms with E-state index in [1.165, 1.54) is 12.1 Å². The number of nitrogens with one attached hydrogen (secondary N) is 1. The number of aromatic carboxylic acids is 1. The summed E-state index contributed by atoms with van der Waals surface area (Å²) in [4.78, 5) is 35.5. The Morgan fingerprint density at radius 3 is 2.55 bits per heavy atom. The molecule has 22 heavy (non-hydrogen) atoms. The molecular weight excluding hydrogens is 305 g/mol. The van der Waals surface area contributed by atoms with Gasteiger partial charge in [0, 0.05) is 6.20 Å². The Labute approximate surface area is 120 Å². The van der Waals surface area contributed by atoms with E-state index in [1.54, 1.807) is 4.98 Å². The molecule has 0 aliphatic rings. The Balaban J connectivity index is 2.44. The molecular formula is C13H9F3N2O4. The first-order chi connectivity index (χ1) is 10.2. The highest BCUT2D eigenvalue weighted by Crippen LogP contribution is 2.29. The van der Waals surface area contributed by atoms with Crippen molar-refractivity contribution < 1.29 is 23.1 Å². The summed E-state index contributed by atoms with van der Waals surface area (Å²) >= 11 is 0. The first kappa shape index (κ1) is 15.5. The van der Waals surface area contributed by atoms with Crippen LogP contribution in [0.3, 0.4) is 0 Å². The highest BCUT2D eigenvalue weighted by molar-refractivity contribution is 5.86. The molecule has 1 aromatic heterocycles. The molecule has 0 saturated heterocycles. The molecule has 2 N–H and O–H groups in total. The lowest BCUT2D eigenvalue weighted by Gasteiger charge is -2.10. The molecule has 2 aromatic rings. The van der Waals surface area contributed by atoms with Gasteiger partial charge in [-0.2, -0.15) is 13.2 Å². The summed E-state index contributed by atoms with van der Waals surface area (Å²) < 4.78 is 38.7. The van der Waals surface area contributed by atoms with Gasteiger partial charge in [-0.25, -0.2) is 9.59 Å². The minimum atomic E-state index is -4.53. The van der Waals surface area contributed by atoms with E-state index in [4.69, 9.17) is 5.11 Å². The average molecular weight is 314 g/mol. The zero-order chi connectivity index (χ0) is 16.5. The topological polar surface area (TPSA) is 92.2 Å². The number of halogens is 3. The number of nitrogens with zero attached hydrogens (tertiary/aromatic N) is 1. The summed E-state index contributed by atoms with van der Waals surface area (Å²) in [6.07, 6.45) is -3.73. The molecule has 2 rings (SSSR count). The molecule has 0 fully saturated rings. The number of hydrogen-bond donors (Lipinski definition) is 2. The quantitative estimate of drug-likeness (QED) is 0.893. The van der Waals surface area contributed by atoms with Crippen molar-refractivity contribution in [1.82, 2.24) is 9.55 Å². The summed E-state index contributed by atoms with van der Waals surface area (Å²) in [6.45, 7) is -0.306. The molecule has 1 aromatic carbocycles. The van der Waals surface area contributed by atoms with Crippen LogP contribution in [0, 0.1) is 0 Å². The second kappa shape index (κ2) is 5.51. The number of aromatic nitrogens is 2. The van der Waals surface area contributed by atoms with Crippen LogP contribution in [-0.4, -0.2) is 20.6 Å². The first-order valence-electron chi connectivity index (χ1n) is 5.91. The number of rotatable bonds is 3. The highest BCUT2D eigenvalue weighted by Gasteiger charge is 2.30. The van der Waals surface area contributed by atoms with Gasteiger partial charge in [-0.3, -0.25) is 14.3 Å². The predicted molar refractivity (Wildman–Crippen MR) is 68.8 cm³/mol. The van der Waals surface area contributed by atoms with Gasteiger partial charge in [-0.05, 0) is 17.7 Å². The van der Waals surface area contributed by atoms with Crippen LogP contribution in [0.25, 0.3) is 0 Å². The lowest BCUT2D eigenvalue weighted by molar-refractivity contribution is -0.137. The number of aromatic amines is 1. The zero-order valence-electron chi connectivity index (χ0n) is 10.8. The number of alkyl halides is 3. The van der Waals surface area contributed by atoms with Gasteiger partial charge in [-0.1, -0.05) is 12.1 Å². The third-order valence-corrected chi connectivity index (χ3v) is 2.85. The van der Waals surface area contributed by atoms with Crippen molar-refractivity contribution in [3.8, 4) is 0 Å². The Kier molecular flexibility index (Phi) is 3.89. The number of carboxylic acids is 1. The molecule has 0 bridgehead atoms. The lowest BCUT2D eigenvalue weighted by Crippen LogP contribution is -2.33. The Bertz CT molecular complexity index is 836. The summed E-state index contributed by atoms with van der Waals surface area (Å²) in [5.74, 6) is -1.54. The van der Waals surface area contributed by atoms with Crippen LogP contribution in [0.4, 0.5) is 13.2 Å². The standard InChI is InChI=1S/C13H9F3N2O4/c14-13(15,16)8-3-1-2-7(4-8)5-18-6-9(11(20)21)10(19)17-12(18)22/h1-4,6H,5H2,(H,20,21)(H,17,19,22). The number of carboxylic acid groups (broad SMARTS) is 1. The van der Waals surface area contributed by atoms with E-state index in [9.17, 15) is 27.6 Å². The predicted octanol–water partition coefficient (Wildman–Crippen LogP) is 1.30. The van der Waals surface area contributed by atoms with E-state index in [0.717, 1.165) is 22.9 Å². The number of carbonyl (C=O) groups is 1. The minimum absolute atomic E-state index is 0.139. The Morgan fingerprint density at radius 2 is 1.95 bits per heavy atom.